The molecule has 6 nitrogen and oxygen atoms in total. The lowest BCUT2D eigenvalue weighted by Crippen LogP contribution is -2.28. The molecule has 0 aliphatic rings. The Morgan fingerprint density at radius 1 is 1.40 bits per heavy atom. The van der Waals surface area contributed by atoms with Crippen molar-refractivity contribution in [2.75, 3.05) is 20.3 Å². The van der Waals surface area contributed by atoms with Crippen LogP contribution in [-0.2, 0) is 16.0 Å². The van der Waals surface area contributed by atoms with Crippen molar-refractivity contribution in [3.05, 3.63) is 35.5 Å². The number of fused-ring (bicyclic) bond motifs is 1. The first-order valence-corrected chi connectivity index (χ1v) is 6.27. The predicted octanol–water partition coefficient (Wildman–Crippen LogP) is 0.572. The van der Waals surface area contributed by atoms with Crippen LogP contribution in [0.4, 0.5) is 0 Å². The van der Waals surface area contributed by atoms with Crippen LogP contribution in [0.3, 0.4) is 0 Å². The standard InChI is InChI=1S/C14H17N3O3/c1-20-8-13(18)16-5-4-10-7-17-12-3-2-9(14(15)19)6-11(10)12/h2-3,6-7,17H,4-5,8H2,1H3,(H2,15,19)(H,16,18). The first-order valence-electron chi connectivity index (χ1n) is 6.27. The SMILES string of the molecule is COCC(=O)NCCc1c[nH]c2ccc(C(N)=O)cc12. The fraction of sp³-hybridized carbons (Fsp3) is 0.286. The van der Waals surface area contributed by atoms with Crippen molar-refractivity contribution in [1.29, 1.82) is 0 Å². The molecule has 0 bridgehead atoms. The summed E-state index contributed by atoms with van der Waals surface area (Å²) in [5.41, 5.74) is 7.72. The summed E-state index contributed by atoms with van der Waals surface area (Å²) < 4.78 is 4.73. The first-order chi connectivity index (χ1) is 9.61. The third kappa shape index (κ3) is 3.16. The number of benzene rings is 1. The molecular weight excluding hydrogens is 258 g/mol. The average molecular weight is 275 g/mol. The summed E-state index contributed by atoms with van der Waals surface area (Å²) in [7, 11) is 1.48. The molecule has 1 aromatic carbocycles. The van der Waals surface area contributed by atoms with Gasteiger partial charge in [0.25, 0.3) is 0 Å². The molecular formula is C14H17N3O3. The number of ether oxygens (including phenoxy) is 1. The van der Waals surface area contributed by atoms with E-state index in [1.54, 1.807) is 12.1 Å². The maximum Gasteiger partial charge on any atom is 0.248 e. The van der Waals surface area contributed by atoms with E-state index in [2.05, 4.69) is 10.3 Å². The van der Waals surface area contributed by atoms with Crippen molar-refractivity contribution >= 4 is 22.7 Å². The van der Waals surface area contributed by atoms with E-state index in [1.165, 1.54) is 7.11 Å². The number of rotatable bonds is 6. The average Bonchev–Trinajstić information content (AvgIpc) is 2.81. The van der Waals surface area contributed by atoms with Crippen LogP contribution in [0.5, 0.6) is 0 Å². The number of primary amides is 1. The maximum atomic E-state index is 11.3. The van der Waals surface area contributed by atoms with E-state index in [1.807, 2.05) is 12.3 Å². The smallest absolute Gasteiger partial charge is 0.248 e. The second-order valence-corrected chi connectivity index (χ2v) is 4.47. The molecule has 106 valence electrons. The van der Waals surface area contributed by atoms with E-state index in [0.29, 0.717) is 18.5 Å². The van der Waals surface area contributed by atoms with Crippen molar-refractivity contribution in [1.82, 2.24) is 10.3 Å². The lowest BCUT2D eigenvalue weighted by molar-refractivity contribution is -0.124. The molecule has 6 heteroatoms. The minimum absolute atomic E-state index is 0.0553. The van der Waals surface area contributed by atoms with Gasteiger partial charge in [0.05, 0.1) is 0 Å². The molecule has 0 spiro atoms. The van der Waals surface area contributed by atoms with Crippen molar-refractivity contribution in [3.63, 3.8) is 0 Å². The number of aromatic amines is 1. The van der Waals surface area contributed by atoms with Gasteiger partial charge in [-0.05, 0) is 30.2 Å². The number of nitrogens with two attached hydrogens (primary N) is 1. The third-order valence-corrected chi connectivity index (χ3v) is 3.04. The molecule has 0 saturated carbocycles. The van der Waals surface area contributed by atoms with Gasteiger partial charge in [-0.25, -0.2) is 0 Å². The van der Waals surface area contributed by atoms with E-state index >= 15 is 0 Å². The predicted molar refractivity (Wildman–Crippen MR) is 75.4 cm³/mol. The van der Waals surface area contributed by atoms with Crippen LogP contribution >= 0.6 is 0 Å². The van der Waals surface area contributed by atoms with Gasteiger partial charge in [-0.2, -0.15) is 0 Å². The van der Waals surface area contributed by atoms with Crippen molar-refractivity contribution in [2.24, 2.45) is 5.73 Å². The minimum atomic E-state index is -0.451. The summed E-state index contributed by atoms with van der Waals surface area (Å²) in [6, 6.07) is 5.27. The molecule has 0 aliphatic heterocycles. The minimum Gasteiger partial charge on any atom is -0.375 e. The lowest BCUT2D eigenvalue weighted by Gasteiger charge is -2.04. The van der Waals surface area contributed by atoms with Gasteiger partial charge in [0.15, 0.2) is 0 Å². The summed E-state index contributed by atoms with van der Waals surface area (Å²) in [6.07, 6.45) is 2.54. The Balaban J connectivity index is 2.08. The van der Waals surface area contributed by atoms with Crippen LogP contribution < -0.4 is 11.1 Å². The number of amides is 2. The molecule has 2 aromatic rings. The largest absolute Gasteiger partial charge is 0.375 e. The second kappa shape index (κ2) is 6.21. The van der Waals surface area contributed by atoms with E-state index in [0.717, 1.165) is 16.5 Å². The lowest BCUT2D eigenvalue weighted by atomic mass is 10.1. The molecule has 1 aromatic heterocycles. The van der Waals surface area contributed by atoms with Crippen LogP contribution in [0.1, 0.15) is 15.9 Å². The van der Waals surface area contributed by atoms with Gasteiger partial charge < -0.3 is 20.8 Å². The molecule has 20 heavy (non-hydrogen) atoms. The number of nitrogens with one attached hydrogen (secondary N) is 2. The van der Waals surface area contributed by atoms with Crippen LogP contribution in [0.15, 0.2) is 24.4 Å². The Morgan fingerprint density at radius 3 is 2.90 bits per heavy atom. The quantitative estimate of drug-likeness (QED) is 0.719. The van der Waals surface area contributed by atoms with Gasteiger partial charge in [0, 0.05) is 36.3 Å². The molecule has 0 unspecified atom stereocenters. The molecule has 0 atom stereocenters. The molecule has 0 saturated heterocycles. The molecule has 2 amide bonds. The fourth-order valence-electron chi connectivity index (χ4n) is 2.06. The van der Waals surface area contributed by atoms with Crippen molar-refractivity contribution in [2.45, 2.75) is 6.42 Å². The van der Waals surface area contributed by atoms with Gasteiger partial charge in [0.1, 0.15) is 6.61 Å². The van der Waals surface area contributed by atoms with Crippen molar-refractivity contribution < 1.29 is 14.3 Å². The van der Waals surface area contributed by atoms with E-state index in [4.69, 9.17) is 10.5 Å². The summed E-state index contributed by atoms with van der Waals surface area (Å²) >= 11 is 0. The van der Waals surface area contributed by atoms with Crippen LogP contribution in [-0.4, -0.2) is 37.1 Å². The highest BCUT2D eigenvalue weighted by molar-refractivity contribution is 5.97. The number of H-pyrrole nitrogens is 1. The number of hydrogen-bond acceptors (Lipinski definition) is 3. The zero-order chi connectivity index (χ0) is 14.5. The summed E-state index contributed by atoms with van der Waals surface area (Å²) in [5.74, 6) is -0.599. The molecule has 4 N–H and O–H groups in total. The number of carbonyl (C=O) groups excluding carboxylic acids is 2. The van der Waals surface area contributed by atoms with E-state index in [-0.39, 0.29) is 12.5 Å². The van der Waals surface area contributed by atoms with Gasteiger partial charge in [-0.15, -0.1) is 0 Å². The third-order valence-electron chi connectivity index (χ3n) is 3.04. The topological polar surface area (TPSA) is 97.2 Å². The molecule has 2 rings (SSSR count). The van der Waals surface area contributed by atoms with Gasteiger partial charge in [-0.3, -0.25) is 9.59 Å². The number of carbonyl (C=O) groups is 2. The zero-order valence-electron chi connectivity index (χ0n) is 11.2. The summed E-state index contributed by atoms with van der Waals surface area (Å²) in [5, 5.41) is 3.70. The highest BCUT2D eigenvalue weighted by atomic mass is 16.5. The number of aromatic nitrogens is 1. The van der Waals surface area contributed by atoms with Gasteiger partial charge in [-0.1, -0.05) is 0 Å². The Morgan fingerprint density at radius 2 is 2.20 bits per heavy atom. The number of methoxy groups -OCH3 is 1. The normalized spacial score (nSPS) is 10.7. The summed E-state index contributed by atoms with van der Waals surface area (Å²) in [6.45, 7) is 0.565. The highest BCUT2D eigenvalue weighted by Gasteiger charge is 2.08. The Bertz CT molecular complexity index is 634. The Labute approximate surface area is 116 Å². The van der Waals surface area contributed by atoms with Crippen LogP contribution in [0, 0.1) is 0 Å². The Hall–Kier alpha value is -2.34. The Kier molecular flexibility index (Phi) is 4.37. The van der Waals surface area contributed by atoms with Gasteiger partial charge in [0.2, 0.25) is 11.8 Å². The molecule has 0 radical (unpaired) electrons. The maximum absolute atomic E-state index is 11.3. The van der Waals surface area contributed by atoms with Crippen LogP contribution in [0.2, 0.25) is 0 Å². The van der Waals surface area contributed by atoms with E-state index < -0.39 is 5.91 Å². The monoisotopic (exact) mass is 275 g/mol. The van der Waals surface area contributed by atoms with Crippen LogP contribution in [0.25, 0.3) is 10.9 Å². The highest BCUT2D eigenvalue weighted by Crippen LogP contribution is 2.20. The summed E-state index contributed by atoms with van der Waals surface area (Å²) in [4.78, 5) is 25.6. The van der Waals surface area contributed by atoms with Crippen molar-refractivity contribution in [3.8, 4) is 0 Å². The number of hydrogen-bond donors (Lipinski definition) is 3. The molecule has 0 fully saturated rings. The molecule has 1 heterocycles. The zero-order valence-corrected chi connectivity index (χ0v) is 11.2. The van der Waals surface area contributed by atoms with E-state index in [9.17, 15) is 9.59 Å². The van der Waals surface area contributed by atoms with Gasteiger partial charge >= 0.3 is 0 Å². The fourth-order valence-corrected chi connectivity index (χ4v) is 2.06. The second-order valence-electron chi connectivity index (χ2n) is 4.47. The first kappa shape index (κ1) is 14.1. The molecule has 0 aliphatic carbocycles.